The molecular formula is C15H28N2O. The van der Waals surface area contributed by atoms with Gasteiger partial charge in [0.2, 0.25) is 5.91 Å². The van der Waals surface area contributed by atoms with Gasteiger partial charge in [0.25, 0.3) is 0 Å². The Morgan fingerprint density at radius 1 is 1.22 bits per heavy atom. The monoisotopic (exact) mass is 252 g/mol. The van der Waals surface area contributed by atoms with Gasteiger partial charge in [-0.1, -0.05) is 26.7 Å². The van der Waals surface area contributed by atoms with Gasteiger partial charge in [0.05, 0.1) is 0 Å². The van der Waals surface area contributed by atoms with Crippen molar-refractivity contribution in [2.24, 2.45) is 17.6 Å². The molecule has 0 saturated heterocycles. The molecular weight excluding hydrogens is 224 g/mol. The average molecular weight is 252 g/mol. The summed E-state index contributed by atoms with van der Waals surface area (Å²) >= 11 is 0. The van der Waals surface area contributed by atoms with E-state index in [0.717, 1.165) is 19.4 Å². The number of nitrogens with zero attached hydrogens (tertiary/aromatic N) is 1. The molecule has 0 spiro atoms. The second kappa shape index (κ2) is 6.05. The van der Waals surface area contributed by atoms with Gasteiger partial charge in [-0.25, -0.2) is 0 Å². The minimum Gasteiger partial charge on any atom is -0.339 e. The first-order chi connectivity index (χ1) is 8.58. The maximum Gasteiger partial charge on any atom is 0.223 e. The van der Waals surface area contributed by atoms with Gasteiger partial charge in [-0.3, -0.25) is 4.79 Å². The molecule has 0 aliphatic heterocycles. The second-order valence-corrected chi connectivity index (χ2v) is 6.58. The number of nitrogens with two attached hydrogens (primary N) is 1. The van der Waals surface area contributed by atoms with E-state index in [1.807, 2.05) is 0 Å². The lowest BCUT2D eigenvalue weighted by molar-refractivity contribution is -0.133. The molecule has 0 bridgehead atoms. The molecule has 0 aromatic carbocycles. The van der Waals surface area contributed by atoms with Crippen molar-refractivity contribution in [1.82, 2.24) is 4.90 Å². The van der Waals surface area contributed by atoms with Crippen molar-refractivity contribution >= 4 is 5.91 Å². The molecule has 0 radical (unpaired) electrons. The fourth-order valence-corrected chi connectivity index (χ4v) is 3.07. The molecule has 0 heterocycles. The first-order valence-corrected chi connectivity index (χ1v) is 7.63. The molecule has 0 aromatic heterocycles. The summed E-state index contributed by atoms with van der Waals surface area (Å²) in [5.41, 5.74) is 6.15. The lowest BCUT2D eigenvalue weighted by Gasteiger charge is -2.31. The summed E-state index contributed by atoms with van der Waals surface area (Å²) in [4.78, 5) is 14.6. The van der Waals surface area contributed by atoms with E-state index in [2.05, 4.69) is 18.7 Å². The van der Waals surface area contributed by atoms with Crippen molar-refractivity contribution in [3.63, 3.8) is 0 Å². The summed E-state index contributed by atoms with van der Waals surface area (Å²) in [5.74, 6) is 1.35. The summed E-state index contributed by atoms with van der Waals surface area (Å²) in [5, 5.41) is 0. The molecule has 2 aliphatic carbocycles. The number of carbonyl (C=O) groups excluding carboxylic acids is 1. The number of hydrogen-bond acceptors (Lipinski definition) is 2. The minimum absolute atomic E-state index is 0.253. The number of amides is 1. The predicted octanol–water partition coefficient (Wildman–Crippen LogP) is 2.54. The Kier molecular flexibility index (Phi) is 4.66. The van der Waals surface area contributed by atoms with Crippen LogP contribution in [0.2, 0.25) is 0 Å². The molecule has 2 fully saturated rings. The van der Waals surface area contributed by atoms with Crippen molar-refractivity contribution in [3.8, 4) is 0 Å². The summed E-state index contributed by atoms with van der Waals surface area (Å²) in [6.07, 6.45) is 7.83. The van der Waals surface area contributed by atoms with Gasteiger partial charge in [-0.15, -0.1) is 0 Å². The quantitative estimate of drug-likeness (QED) is 0.817. The van der Waals surface area contributed by atoms with Crippen LogP contribution in [-0.2, 0) is 4.79 Å². The molecule has 1 amide bonds. The second-order valence-electron chi connectivity index (χ2n) is 6.58. The van der Waals surface area contributed by atoms with Crippen molar-refractivity contribution in [1.29, 1.82) is 0 Å². The molecule has 3 nitrogen and oxygen atoms in total. The molecule has 3 heteroatoms. The van der Waals surface area contributed by atoms with Crippen LogP contribution < -0.4 is 5.73 Å². The molecule has 2 unspecified atom stereocenters. The van der Waals surface area contributed by atoms with E-state index >= 15 is 0 Å². The number of carbonyl (C=O) groups is 1. The summed E-state index contributed by atoms with van der Waals surface area (Å²) in [6.45, 7) is 5.30. The van der Waals surface area contributed by atoms with Gasteiger partial charge < -0.3 is 10.6 Å². The van der Waals surface area contributed by atoms with Gasteiger partial charge in [-0.05, 0) is 37.5 Å². The molecule has 18 heavy (non-hydrogen) atoms. The zero-order chi connectivity index (χ0) is 13.1. The number of rotatable bonds is 5. The molecule has 2 rings (SSSR count). The third kappa shape index (κ3) is 3.71. The van der Waals surface area contributed by atoms with Crippen LogP contribution in [0.1, 0.15) is 58.8 Å². The summed E-state index contributed by atoms with van der Waals surface area (Å²) in [7, 11) is 0. The van der Waals surface area contributed by atoms with Crippen LogP contribution in [0.3, 0.4) is 0 Å². The lowest BCUT2D eigenvalue weighted by Crippen LogP contribution is -2.41. The Bertz CT molecular complexity index is 286. The van der Waals surface area contributed by atoms with E-state index in [0.29, 0.717) is 30.2 Å². The highest BCUT2D eigenvalue weighted by atomic mass is 16.2. The molecule has 104 valence electrons. The van der Waals surface area contributed by atoms with Crippen LogP contribution in [0, 0.1) is 11.8 Å². The third-order valence-electron chi connectivity index (χ3n) is 4.27. The van der Waals surface area contributed by atoms with E-state index < -0.39 is 0 Å². The first kappa shape index (κ1) is 13.9. The van der Waals surface area contributed by atoms with Crippen LogP contribution in [0.15, 0.2) is 0 Å². The van der Waals surface area contributed by atoms with Crippen LogP contribution in [-0.4, -0.2) is 29.4 Å². The predicted molar refractivity (Wildman–Crippen MR) is 74.1 cm³/mol. The van der Waals surface area contributed by atoms with Crippen LogP contribution >= 0.6 is 0 Å². The Morgan fingerprint density at radius 3 is 2.44 bits per heavy atom. The van der Waals surface area contributed by atoms with Gasteiger partial charge in [-0.2, -0.15) is 0 Å². The lowest BCUT2D eigenvalue weighted by atomic mass is 9.82. The Labute approximate surface area is 111 Å². The molecule has 2 aliphatic rings. The summed E-state index contributed by atoms with van der Waals surface area (Å²) < 4.78 is 0. The smallest absolute Gasteiger partial charge is 0.223 e. The van der Waals surface area contributed by atoms with Gasteiger partial charge >= 0.3 is 0 Å². The van der Waals surface area contributed by atoms with Crippen molar-refractivity contribution in [3.05, 3.63) is 0 Å². The minimum atomic E-state index is 0.253. The van der Waals surface area contributed by atoms with E-state index in [-0.39, 0.29) is 6.04 Å². The standard InChI is InChI=1S/C15H28N2O/c1-11(2)10-17(13-7-8-13)15(18)9-12-5-3-4-6-14(12)16/h11-14H,3-10,16H2,1-2H3. The van der Waals surface area contributed by atoms with Gasteiger partial charge in [0.15, 0.2) is 0 Å². The largest absolute Gasteiger partial charge is 0.339 e. The van der Waals surface area contributed by atoms with E-state index in [1.165, 1.54) is 25.7 Å². The van der Waals surface area contributed by atoms with Gasteiger partial charge in [0, 0.05) is 25.0 Å². The zero-order valence-corrected chi connectivity index (χ0v) is 11.9. The van der Waals surface area contributed by atoms with Crippen molar-refractivity contribution < 1.29 is 4.79 Å². The van der Waals surface area contributed by atoms with Gasteiger partial charge in [0.1, 0.15) is 0 Å². The molecule has 0 aromatic rings. The Hall–Kier alpha value is -0.570. The first-order valence-electron chi connectivity index (χ1n) is 7.63. The molecule has 2 N–H and O–H groups in total. The third-order valence-corrected chi connectivity index (χ3v) is 4.27. The van der Waals surface area contributed by atoms with Crippen LogP contribution in [0.5, 0.6) is 0 Å². The highest BCUT2D eigenvalue weighted by Crippen LogP contribution is 2.31. The maximum absolute atomic E-state index is 12.4. The fourth-order valence-electron chi connectivity index (χ4n) is 3.07. The van der Waals surface area contributed by atoms with Crippen LogP contribution in [0.25, 0.3) is 0 Å². The average Bonchev–Trinajstić information content (AvgIpc) is 3.12. The Balaban J connectivity index is 1.87. The van der Waals surface area contributed by atoms with E-state index in [1.54, 1.807) is 0 Å². The maximum atomic E-state index is 12.4. The molecule has 2 atom stereocenters. The highest BCUT2D eigenvalue weighted by molar-refractivity contribution is 5.77. The van der Waals surface area contributed by atoms with E-state index in [4.69, 9.17) is 5.73 Å². The fraction of sp³-hybridized carbons (Fsp3) is 0.933. The summed E-state index contributed by atoms with van der Waals surface area (Å²) in [6, 6.07) is 0.794. The van der Waals surface area contributed by atoms with Crippen molar-refractivity contribution in [2.75, 3.05) is 6.54 Å². The van der Waals surface area contributed by atoms with E-state index in [9.17, 15) is 4.79 Å². The highest BCUT2D eigenvalue weighted by Gasteiger charge is 2.34. The topological polar surface area (TPSA) is 46.3 Å². The SMILES string of the molecule is CC(C)CN(C(=O)CC1CCCCC1N)C1CC1. The Morgan fingerprint density at radius 2 is 1.89 bits per heavy atom. The normalized spacial score (nSPS) is 28.4. The van der Waals surface area contributed by atoms with Crippen molar-refractivity contribution in [2.45, 2.75) is 70.9 Å². The zero-order valence-electron chi connectivity index (χ0n) is 11.9. The van der Waals surface area contributed by atoms with Crippen LogP contribution in [0.4, 0.5) is 0 Å². The molecule has 2 saturated carbocycles. The number of hydrogen-bond donors (Lipinski definition) is 1.